The van der Waals surface area contributed by atoms with Crippen LogP contribution in [-0.4, -0.2) is 22.4 Å². The molecule has 1 aromatic carbocycles. The van der Waals surface area contributed by atoms with Crippen molar-refractivity contribution in [3.05, 3.63) is 30.5 Å². The van der Waals surface area contributed by atoms with Crippen molar-refractivity contribution in [2.75, 3.05) is 17.7 Å². The normalized spacial score (nSPS) is 11.7. The second-order valence-electron chi connectivity index (χ2n) is 5.55. The monoisotopic (exact) mass is 277 g/mol. The molecule has 4 heteroatoms. The van der Waals surface area contributed by atoms with Gasteiger partial charge in [-0.05, 0) is 30.4 Å². The van der Waals surface area contributed by atoms with E-state index in [0.29, 0.717) is 0 Å². The first kappa shape index (κ1) is 14.1. The summed E-state index contributed by atoms with van der Waals surface area (Å²) in [5.74, 6) is 1.55. The zero-order chi connectivity index (χ0) is 13.7. The quantitative estimate of drug-likeness (QED) is 0.808. The summed E-state index contributed by atoms with van der Waals surface area (Å²) in [7, 11) is 0. The van der Waals surface area contributed by atoms with Gasteiger partial charge in [0.15, 0.2) is 0 Å². The lowest BCUT2D eigenvalue weighted by atomic mass is 9.88. The molecule has 102 valence electrons. The minimum absolute atomic E-state index is 0.211. The van der Waals surface area contributed by atoms with E-state index in [2.05, 4.69) is 29.1 Å². The second kappa shape index (κ2) is 6.20. The van der Waals surface area contributed by atoms with Crippen LogP contribution in [0.15, 0.2) is 30.5 Å². The molecule has 0 aliphatic heterocycles. The summed E-state index contributed by atoms with van der Waals surface area (Å²) in [6, 6.07) is 7.90. The molecule has 0 saturated carbocycles. The molecule has 0 amide bonds. The van der Waals surface area contributed by atoms with Crippen LogP contribution in [0, 0.1) is 5.41 Å². The van der Waals surface area contributed by atoms with Gasteiger partial charge in [-0.1, -0.05) is 26.0 Å². The molecule has 3 nitrogen and oxygen atoms in total. The van der Waals surface area contributed by atoms with Crippen molar-refractivity contribution in [1.29, 1.82) is 0 Å². The Labute approximate surface area is 119 Å². The molecule has 0 fully saturated rings. The fourth-order valence-corrected chi connectivity index (χ4v) is 2.14. The Kier molecular flexibility index (Phi) is 4.59. The molecule has 0 bridgehead atoms. The first-order valence-corrected chi connectivity index (χ1v) is 7.16. The Bertz CT molecular complexity index is 540. The van der Waals surface area contributed by atoms with Crippen molar-refractivity contribution in [3.8, 4) is 0 Å². The molecule has 19 heavy (non-hydrogen) atoms. The van der Waals surface area contributed by atoms with Gasteiger partial charge in [-0.2, -0.15) is 0 Å². The van der Waals surface area contributed by atoms with Crippen LogP contribution in [0.4, 0.5) is 5.82 Å². The number of alkyl halides is 1. The standard InChI is InChI=1S/C15H20ClN3/c1-15(2,8-5-9-16)11-18-14-10-17-12-6-3-4-7-13(12)19-14/h3-4,6-7,10H,5,8-9,11H2,1-2H3,(H,18,19). The summed E-state index contributed by atoms with van der Waals surface area (Å²) in [5.41, 5.74) is 2.06. The predicted molar refractivity (Wildman–Crippen MR) is 81.8 cm³/mol. The summed E-state index contributed by atoms with van der Waals surface area (Å²) < 4.78 is 0. The number of anilines is 1. The number of nitrogens with zero attached hydrogens (tertiary/aromatic N) is 2. The van der Waals surface area contributed by atoms with E-state index in [1.807, 2.05) is 24.3 Å². The molecule has 0 aliphatic rings. The lowest BCUT2D eigenvalue weighted by molar-refractivity contribution is 0.355. The topological polar surface area (TPSA) is 37.8 Å². The number of nitrogens with one attached hydrogen (secondary N) is 1. The Hall–Kier alpha value is -1.35. The van der Waals surface area contributed by atoms with Gasteiger partial charge in [0, 0.05) is 12.4 Å². The van der Waals surface area contributed by atoms with Crippen LogP contribution in [0.25, 0.3) is 11.0 Å². The Morgan fingerprint density at radius 1 is 1.21 bits per heavy atom. The average Bonchev–Trinajstić information content (AvgIpc) is 2.43. The third-order valence-electron chi connectivity index (χ3n) is 3.18. The van der Waals surface area contributed by atoms with Gasteiger partial charge >= 0.3 is 0 Å². The largest absolute Gasteiger partial charge is 0.368 e. The van der Waals surface area contributed by atoms with Crippen molar-refractivity contribution in [2.45, 2.75) is 26.7 Å². The molecule has 0 unspecified atom stereocenters. The van der Waals surface area contributed by atoms with Crippen LogP contribution in [0.2, 0.25) is 0 Å². The maximum atomic E-state index is 5.75. The van der Waals surface area contributed by atoms with Crippen molar-refractivity contribution >= 4 is 28.5 Å². The van der Waals surface area contributed by atoms with Crippen molar-refractivity contribution in [3.63, 3.8) is 0 Å². The lowest BCUT2D eigenvalue weighted by Gasteiger charge is -2.24. The lowest BCUT2D eigenvalue weighted by Crippen LogP contribution is -2.23. The fraction of sp³-hybridized carbons (Fsp3) is 0.467. The highest BCUT2D eigenvalue weighted by atomic mass is 35.5. The van der Waals surface area contributed by atoms with Crippen LogP contribution in [0.5, 0.6) is 0 Å². The van der Waals surface area contributed by atoms with Gasteiger partial charge in [-0.15, -0.1) is 11.6 Å². The van der Waals surface area contributed by atoms with E-state index in [1.54, 1.807) is 6.20 Å². The van der Waals surface area contributed by atoms with Crippen LogP contribution >= 0.6 is 11.6 Å². The first-order chi connectivity index (χ1) is 9.11. The first-order valence-electron chi connectivity index (χ1n) is 6.62. The van der Waals surface area contributed by atoms with Gasteiger partial charge in [0.05, 0.1) is 17.2 Å². The third-order valence-corrected chi connectivity index (χ3v) is 3.45. The van der Waals surface area contributed by atoms with E-state index in [0.717, 1.165) is 42.1 Å². The van der Waals surface area contributed by atoms with Crippen LogP contribution in [-0.2, 0) is 0 Å². The molecule has 0 spiro atoms. The maximum Gasteiger partial charge on any atom is 0.145 e. The van der Waals surface area contributed by atoms with Crippen LogP contribution < -0.4 is 5.32 Å². The number of benzene rings is 1. The van der Waals surface area contributed by atoms with E-state index in [-0.39, 0.29) is 5.41 Å². The van der Waals surface area contributed by atoms with E-state index in [4.69, 9.17) is 11.6 Å². The summed E-state index contributed by atoms with van der Waals surface area (Å²) in [6.07, 6.45) is 3.93. The number of hydrogen-bond acceptors (Lipinski definition) is 3. The molecule has 0 radical (unpaired) electrons. The summed E-state index contributed by atoms with van der Waals surface area (Å²) in [5, 5.41) is 3.37. The SMILES string of the molecule is CC(C)(CCCCl)CNc1cnc2ccccc2n1. The number of hydrogen-bond donors (Lipinski definition) is 1. The average molecular weight is 278 g/mol. The minimum Gasteiger partial charge on any atom is -0.368 e. The third kappa shape index (κ3) is 4.06. The Balaban J connectivity index is 2.01. The molecule has 0 saturated heterocycles. The summed E-state index contributed by atoms with van der Waals surface area (Å²) in [4.78, 5) is 8.96. The van der Waals surface area contributed by atoms with Gasteiger partial charge in [-0.3, -0.25) is 4.98 Å². The van der Waals surface area contributed by atoms with E-state index in [9.17, 15) is 0 Å². The fourth-order valence-electron chi connectivity index (χ4n) is 2.01. The van der Waals surface area contributed by atoms with Gasteiger partial charge < -0.3 is 5.32 Å². The number of para-hydroxylation sites is 2. The van der Waals surface area contributed by atoms with Gasteiger partial charge in [-0.25, -0.2) is 4.98 Å². The van der Waals surface area contributed by atoms with Gasteiger partial charge in [0.25, 0.3) is 0 Å². The van der Waals surface area contributed by atoms with Crippen LogP contribution in [0.1, 0.15) is 26.7 Å². The molecule has 1 heterocycles. The summed E-state index contributed by atoms with van der Waals surface area (Å²) >= 11 is 5.75. The van der Waals surface area contributed by atoms with E-state index < -0.39 is 0 Å². The van der Waals surface area contributed by atoms with Gasteiger partial charge in [0.1, 0.15) is 5.82 Å². The molecule has 1 N–H and O–H groups in total. The molecular formula is C15H20ClN3. The maximum absolute atomic E-state index is 5.75. The van der Waals surface area contributed by atoms with E-state index in [1.165, 1.54) is 0 Å². The minimum atomic E-state index is 0.211. The number of fused-ring (bicyclic) bond motifs is 1. The number of aromatic nitrogens is 2. The zero-order valence-corrected chi connectivity index (χ0v) is 12.2. The smallest absolute Gasteiger partial charge is 0.145 e. The van der Waals surface area contributed by atoms with E-state index >= 15 is 0 Å². The van der Waals surface area contributed by atoms with Crippen molar-refractivity contribution in [1.82, 2.24) is 9.97 Å². The predicted octanol–water partition coefficient (Wildman–Crippen LogP) is 4.09. The van der Waals surface area contributed by atoms with Crippen molar-refractivity contribution < 1.29 is 0 Å². The highest BCUT2D eigenvalue weighted by molar-refractivity contribution is 6.17. The molecule has 1 aromatic heterocycles. The Morgan fingerprint density at radius 2 is 1.95 bits per heavy atom. The highest BCUT2D eigenvalue weighted by Crippen LogP contribution is 2.23. The molecule has 0 aliphatic carbocycles. The van der Waals surface area contributed by atoms with Crippen molar-refractivity contribution in [2.24, 2.45) is 5.41 Å². The number of rotatable bonds is 6. The second-order valence-corrected chi connectivity index (χ2v) is 5.93. The molecular weight excluding hydrogens is 258 g/mol. The summed E-state index contributed by atoms with van der Waals surface area (Å²) in [6.45, 7) is 5.35. The molecule has 2 rings (SSSR count). The zero-order valence-electron chi connectivity index (χ0n) is 11.5. The Morgan fingerprint density at radius 3 is 2.68 bits per heavy atom. The number of halogens is 1. The van der Waals surface area contributed by atoms with Gasteiger partial charge in [0.2, 0.25) is 0 Å². The highest BCUT2D eigenvalue weighted by Gasteiger charge is 2.17. The molecule has 2 aromatic rings. The van der Waals surface area contributed by atoms with Crippen LogP contribution in [0.3, 0.4) is 0 Å². The molecule has 0 atom stereocenters.